The predicted octanol–water partition coefficient (Wildman–Crippen LogP) is 2.44. The maximum Gasteiger partial charge on any atom is 0.262 e. The number of anilines is 2. The van der Waals surface area contributed by atoms with Crippen molar-refractivity contribution in [3.8, 4) is 11.4 Å². The highest BCUT2D eigenvalue weighted by Crippen LogP contribution is 2.33. The van der Waals surface area contributed by atoms with Crippen LogP contribution < -0.4 is 20.3 Å². The number of aryl methyl sites for hydroxylation is 1. The van der Waals surface area contributed by atoms with Gasteiger partial charge in [0.1, 0.15) is 5.75 Å². The number of hydrogen-bond acceptors (Lipinski definition) is 5. The Morgan fingerprint density at radius 3 is 2.55 bits per heavy atom. The fraction of sp³-hybridized carbons (Fsp3) is 0.261. The van der Waals surface area contributed by atoms with Crippen LogP contribution in [0.1, 0.15) is 11.4 Å². The molecule has 3 aromatic rings. The lowest BCUT2D eigenvalue weighted by Gasteiger charge is -2.35. The molecule has 0 spiro atoms. The molecule has 0 aliphatic carbocycles. The third kappa shape index (κ3) is 4.09. The fourth-order valence-electron chi connectivity index (χ4n) is 3.75. The summed E-state index contributed by atoms with van der Waals surface area (Å²) < 4.78 is 7.62. The number of ether oxygens (including phenoxy) is 1. The van der Waals surface area contributed by atoms with Gasteiger partial charge >= 0.3 is 0 Å². The van der Waals surface area contributed by atoms with Gasteiger partial charge < -0.3 is 20.3 Å². The monoisotopic (exact) mass is 419 g/mol. The maximum absolute atomic E-state index is 13.0. The Labute approximate surface area is 180 Å². The molecule has 1 unspecified atom stereocenters. The van der Waals surface area contributed by atoms with E-state index in [4.69, 9.17) is 4.74 Å². The van der Waals surface area contributed by atoms with E-state index in [1.165, 1.54) is 0 Å². The molecule has 2 N–H and O–H groups in total. The van der Waals surface area contributed by atoms with E-state index in [1.807, 2.05) is 72.0 Å². The molecule has 2 aromatic carbocycles. The molecule has 1 aliphatic heterocycles. The molecule has 1 aromatic heterocycles. The van der Waals surface area contributed by atoms with Gasteiger partial charge in [0.2, 0.25) is 5.91 Å². The minimum Gasteiger partial charge on any atom is -0.477 e. The molecule has 2 amide bonds. The Balaban J connectivity index is 1.54. The van der Waals surface area contributed by atoms with E-state index in [1.54, 1.807) is 13.1 Å². The van der Waals surface area contributed by atoms with Crippen molar-refractivity contribution in [1.29, 1.82) is 0 Å². The van der Waals surface area contributed by atoms with Gasteiger partial charge in [-0.15, -0.1) is 0 Å². The molecule has 0 saturated carbocycles. The van der Waals surface area contributed by atoms with Crippen molar-refractivity contribution in [1.82, 2.24) is 15.1 Å². The van der Waals surface area contributed by atoms with Crippen molar-refractivity contribution >= 4 is 23.2 Å². The standard InChI is InChI=1S/C23H25N5O3/c1-15-22(16(2)28(26-15)17-9-5-4-6-10-17)25-21(29)14-27-13-20(23(30)24-3)31-19-12-8-7-11-18(19)27/h4-12,20H,13-14H2,1-3H3,(H,24,30)(H,25,29). The van der Waals surface area contributed by atoms with Crippen molar-refractivity contribution < 1.29 is 14.3 Å². The molecule has 1 aliphatic rings. The van der Waals surface area contributed by atoms with Crippen LogP contribution in [0.5, 0.6) is 5.75 Å². The summed E-state index contributed by atoms with van der Waals surface area (Å²) >= 11 is 0. The third-order valence-corrected chi connectivity index (χ3v) is 5.29. The van der Waals surface area contributed by atoms with Crippen LogP contribution in [0.3, 0.4) is 0 Å². The van der Waals surface area contributed by atoms with E-state index in [9.17, 15) is 9.59 Å². The van der Waals surface area contributed by atoms with Crippen LogP contribution in [0.15, 0.2) is 54.6 Å². The van der Waals surface area contributed by atoms with Crippen molar-refractivity contribution in [2.24, 2.45) is 0 Å². The summed E-state index contributed by atoms with van der Waals surface area (Å²) in [5, 5.41) is 10.2. The average Bonchev–Trinajstić information content (AvgIpc) is 3.07. The van der Waals surface area contributed by atoms with E-state index >= 15 is 0 Å². The molecule has 0 fully saturated rings. The number of rotatable bonds is 5. The summed E-state index contributed by atoms with van der Waals surface area (Å²) in [6.07, 6.45) is -0.683. The molecule has 1 atom stereocenters. The predicted molar refractivity (Wildman–Crippen MR) is 119 cm³/mol. The zero-order valence-electron chi connectivity index (χ0n) is 17.8. The van der Waals surface area contributed by atoms with Crippen LogP contribution in [0.2, 0.25) is 0 Å². The third-order valence-electron chi connectivity index (χ3n) is 5.29. The molecule has 8 nitrogen and oxygen atoms in total. The van der Waals surface area contributed by atoms with Gasteiger partial charge in [0.05, 0.1) is 41.5 Å². The zero-order chi connectivity index (χ0) is 22.0. The molecule has 0 radical (unpaired) electrons. The Morgan fingerprint density at radius 2 is 1.81 bits per heavy atom. The van der Waals surface area contributed by atoms with E-state index in [2.05, 4.69) is 15.7 Å². The summed E-state index contributed by atoms with van der Waals surface area (Å²) in [6, 6.07) is 17.2. The lowest BCUT2D eigenvalue weighted by atomic mass is 10.1. The number of benzene rings is 2. The minimum atomic E-state index is -0.683. The second-order valence-electron chi connectivity index (χ2n) is 7.41. The molecule has 4 rings (SSSR count). The number of aromatic nitrogens is 2. The van der Waals surface area contributed by atoms with Gasteiger partial charge in [-0.3, -0.25) is 9.59 Å². The molecule has 31 heavy (non-hydrogen) atoms. The molecular weight excluding hydrogens is 394 g/mol. The number of hydrogen-bond donors (Lipinski definition) is 2. The maximum atomic E-state index is 13.0. The number of fused-ring (bicyclic) bond motifs is 1. The van der Waals surface area contributed by atoms with Gasteiger partial charge in [-0.05, 0) is 38.1 Å². The number of nitrogens with one attached hydrogen (secondary N) is 2. The van der Waals surface area contributed by atoms with Gasteiger partial charge in [-0.1, -0.05) is 30.3 Å². The molecule has 0 bridgehead atoms. The van der Waals surface area contributed by atoms with Crippen LogP contribution in [0, 0.1) is 13.8 Å². The fourth-order valence-corrected chi connectivity index (χ4v) is 3.75. The smallest absolute Gasteiger partial charge is 0.262 e. The first-order chi connectivity index (χ1) is 15.0. The van der Waals surface area contributed by atoms with Gasteiger partial charge in [-0.2, -0.15) is 5.10 Å². The molecular formula is C23H25N5O3. The molecule has 160 valence electrons. The van der Waals surface area contributed by atoms with E-state index < -0.39 is 6.10 Å². The Hall–Kier alpha value is -3.81. The number of nitrogens with zero attached hydrogens (tertiary/aromatic N) is 3. The van der Waals surface area contributed by atoms with Gasteiger partial charge in [0.25, 0.3) is 5.91 Å². The quantitative estimate of drug-likeness (QED) is 0.663. The normalized spacial score (nSPS) is 15.1. The van der Waals surface area contributed by atoms with Crippen LogP contribution in [0.4, 0.5) is 11.4 Å². The van der Waals surface area contributed by atoms with Crippen molar-refractivity contribution in [2.45, 2.75) is 20.0 Å². The average molecular weight is 419 g/mol. The van der Waals surface area contributed by atoms with Gasteiger partial charge in [-0.25, -0.2) is 4.68 Å². The summed E-state index contributed by atoms with van der Waals surface area (Å²) in [7, 11) is 1.57. The summed E-state index contributed by atoms with van der Waals surface area (Å²) in [4.78, 5) is 27.0. The summed E-state index contributed by atoms with van der Waals surface area (Å²) in [5.41, 5.74) is 3.99. The van der Waals surface area contributed by atoms with Crippen LogP contribution in [-0.4, -0.2) is 47.8 Å². The van der Waals surface area contributed by atoms with Gasteiger partial charge in [0, 0.05) is 7.05 Å². The highest BCUT2D eigenvalue weighted by molar-refractivity contribution is 5.96. The van der Waals surface area contributed by atoms with Crippen LogP contribution >= 0.6 is 0 Å². The SMILES string of the molecule is CNC(=O)C1CN(CC(=O)Nc2c(C)nn(-c3ccccc3)c2C)c2ccccc2O1. The summed E-state index contributed by atoms with van der Waals surface area (Å²) in [5.74, 6) is 0.168. The highest BCUT2D eigenvalue weighted by atomic mass is 16.5. The lowest BCUT2D eigenvalue weighted by molar-refractivity contribution is -0.127. The first kappa shape index (κ1) is 20.5. The molecule has 8 heteroatoms. The number of carbonyl (C=O) groups is 2. The Morgan fingerprint density at radius 1 is 1.10 bits per heavy atom. The lowest BCUT2D eigenvalue weighted by Crippen LogP contribution is -2.50. The number of carbonyl (C=O) groups excluding carboxylic acids is 2. The Bertz CT molecular complexity index is 1110. The van der Waals surface area contributed by atoms with Crippen molar-refractivity contribution in [3.63, 3.8) is 0 Å². The number of amides is 2. The van der Waals surface area contributed by atoms with Crippen LogP contribution in [-0.2, 0) is 9.59 Å². The topological polar surface area (TPSA) is 88.5 Å². The summed E-state index contributed by atoms with van der Waals surface area (Å²) in [6.45, 7) is 4.16. The first-order valence-electron chi connectivity index (χ1n) is 10.1. The van der Waals surface area contributed by atoms with Crippen molar-refractivity contribution in [3.05, 3.63) is 66.0 Å². The Kier molecular flexibility index (Phi) is 5.62. The largest absolute Gasteiger partial charge is 0.477 e. The van der Waals surface area contributed by atoms with Crippen molar-refractivity contribution in [2.75, 3.05) is 30.4 Å². The van der Waals surface area contributed by atoms with E-state index in [-0.39, 0.29) is 24.9 Å². The number of likely N-dealkylation sites (N-methyl/N-ethyl adjacent to an activating group) is 1. The zero-order valence-corrected chi connectivity index (χ0v) is 17.8. The number of para-hydroxylation sites is 3. The highest BCUT2D eigenvalue weighted by Gasteiger charge is 2.31. The van der Waals surface area contributed by atoms with E-state index in [0.29, 0.717) is 11.4 Å². The van der Waals surface area contributed by atoms with Gasteiger partial charge in [0.15, 0.2) is 6.10 Å². The second kappa shape index (κ2) is 8.51. The minimum absolute atomic E-state index is 0.0866. The van der Waals surface area contributed by atoms with E-state index in [0.717, 1.165) is 22.8 Å². The first-order valence-corrected chi connectivity index (χ1v) is 10.1. The molecule has 0 saturated heterocycles. The second-order valence-corrected chi connectivity index (χ2v) is 7.41. The molecule has 2 heterocycles. The van der Waals surface area contributed by atoms with Crippen LogP contribution in [0.25, 0.3) is 5.69 Å².